The highest BCUT2D eigenvalue weighted by Gasteiger charge is 2.33. The van der Waals surface area contributed by atoms with Crippen molar-refractivity contribution < 1.29 is 4.79 Å². The van der Waals surface area contributed by atoms with Gasteiger partial charge in [-0.15, -0.1) is 0 Å². The molecule has 23 heavy (non-hydrogen) atoms. The third-order valence-corrected chi connectivity index (χ3v) is 4.08. The number of hydrogen-bond acceptors (Lipinski definition) is 2. The van der Waals surface area contributed by atoms with Gasteiger partial charge in [-0.1, -0.05) is 67.6 Å². The van der Waals surface area contributed by atoms with E-state index in [0.29, 0.717) is 6.54 Å². The van der Waals surface area contributed by atoms with E-state index < -0.39 is 5.41 Å². The molecule has 0 saturated carbocycles. The van der Waals surface area contributed by atoms with Gasteiger partial charge in [0.25, 0.3) is 0 Å². The van der Waals surface area contributed by atoms with E-state index in [1.165, 1.54) is 11.1 Å². The molecule has 122 valence electrons. The molecule has 0 heterocycles. The van der Waals surface area contributed by atoms with E-state index in [4.69, 9.17) is 0 Å². The average molecular weight is 310 g/mol. The highest BCUT2D eigenvalue weighted by Crippen LogP contribution is 2.28. The predicted molar refractivity (Wildman–Crippen MR) is 95.3 cm³/mol. The molecule has 0 radical (unpaired) electrons. The van der Waals surface area contributed by atoms with Gasteiger partial charge in [0.1, 0.15) is 0 Å². The second-order valence-corrected chi connectivity index (χ2v) is 6.24. The van der Waals surface area contributed by atoms with E-state index in [0.717, 1.165) is 19.4 Å². The van der Waals surface area contributed by atoms with E-state index in [1.54, 1.807) is 0 Å². The molecule has 0 bridgehead atoms. The fourth-order valence-corrected chi connectivity index (χ4v) is 2.83. The molecule has 3 nitrogen and oxygen atoms in total. The van der Waals surface area contributed by atoms with E-state index in [2.05, 4.69) is 41.8 Å². The van der Waals surface area contributed by atoms with Crippen molar-refractivity contribution in [2.75, 3.05) is 20.1 Å². The minimum atomic E-state index is -0.462. The molecular weight excluding hydrogens is 284 g/mol. The molecule has 0 atom stereocenters. The SMILES string of the molecule is CNCCNC(=O)C(C)(Cc1ccccc1)Cc1ccccc1. The standard InChI is InChI=1S/C20H26N2O/c1-20(19(23)22-14-13-21-2,15-17-9-5-3-6-10-17)16-18-11-7-4-8-12-18/h3-12,21H,13-16H2,1-2H3,(H,22,23). The van der Waals surface area contributed by atoms with Crippen molar-refractivity contribution in [2.45, 2.75) is 19.8 Å². The number of hydrogen-bond donors (Lipinski definition) is 2. The Bertz CT molecular complexity index is 554. The van der Waals surface area contributed by atoms with Crippen molar-refractivity contribution in [3.8, 4) is 0 Å². The highest BCUT2D eigenvalue weighted by atomic mass is 16.2. The summed E-state index contributed by atoms with van der Waals surface area (Å²) in [6.07, 6.45) is 1.46. The summed E-state index contributed by atoms with van der Waals surface area (Å²) in [6.45, 7) is 3.48. The normalized spacial score (nSPS) is 11.2. The number of rotatable bonds is 8. The van der Waals surface area contributed by atoms with Gasteiger partial charge in [-0.3, -0.25) is 4.79 Å². The van der Waals surface area contributed by atoms with Crippen LogP contribution < -0.4 is 10.6 Å². The molecule has 2 aromatic rings. The Balaban J connectivity index is 2.17. The lowest BCUT2D eigenvalue weighted by Gasteiger charge is -2.29. The fraction of sp³-hybridized carbons (Fsp3) is 0.350. The van der Waals surface area contributed by atoms with E-state index in [9.17, 15) is 4.79 Å². The van der Waals surface area contributed by atoms with Gasteiger partial charge in [0.05, 0.1) is 5.41 Å². The summed E-state index contributed by atoms with van der Waals surface area (Å²) in [5.74, 6) is 0.112. The molecule has 0 unspecified atom stereocenters. The van der Waals surface area contributed by atoms with Crippen LogP contribution in [0.4, 0.5) is 0 Å². The zero-order valence-corrected chi connectivity index (χ0v) is 14.0. The molecule has 0 aliphatic heterocycles. The monoisotopic (exact) mass is 310 g/mol. The van der Waals surface area contributed by atoms with Crippen LogP contribution in [-0.4, -0.2) is 26.0 Å². The lowest BCUT2D eigenvalue weighted by Crippen LogP contribution is -2.44. The Kier molecular flexibility index (Phi) is 6.36. The third kappa shape index (κ3) is 5.22. The Hall–Kier alpha value is -2.13. The molecule has 1 amide bonds. The first kappa shape index (κ1) is 17.2. The van der Waals surface area contributed by atoms with Gasteiger partial charge in [0.2, 0.25) is 5.91 Å². The van der Waals surface area contributed by atoms with Gasteiger partial charge in [0, 0.05) is 13.1 Å². The van der Waals surface area contributed by atoms with Crippen LogP contribution in [0.5, 0.6) is 0 Å². The van der Waals surface area contributed by atoms with Crippen LogP contribution in [0.3, 0.4) is 0 Å². The zero-order chi connectivity index (χ0) is 16.5. The Morgan fingerprint density at radius 3 is 1.78 bits per heavy atom. The van der Waals surface area contributed by atoms with E-state index >= 15 is 0 Å². The molecule has 2 N–H and O–H groups in total. The minimum absolute atomic E-state index is 0.112. The Labute approximate surface area is 139 Å². The number of likely N-dealkylation sites (N-methyl/N-ethyl adjacent to an activating group) is 1. The van der Waals surface area contributed by atoms with Crippen LogP contribution in [0, 0.1) is 5.41 Å². The fourth-order valence-electron chi connectivity index (χ4n) is 2.83. The Morgan fingerprint density at radius 2 is 1.35 bits per heavy atom. The highest BCUT2D eigenvalue weighted by molar-refractivity contribution is 5.83. The third-order valence-electron chi connectivity index (χ3n) is 4.08. The van der Waals surface area contributed by atoms with Crippen molar-refractivity contribution in [3.63, 3.8) is 0 Å². The van der Waals surface area contributed by atoms with Gasteiger partial charge < -0.3 is 10.6 Å². The second kappa shape index (κ2) is 8.49. The van der Waals surface area contributed by atoms with Crippen molar-refractivity contribution in [3.05, 3.63) is 71.8 Å². The smallest absolute Gasteiger partial charge is 0.226 e. The number of amides is 1. The van der Waals surface area contributed by atoms with Crippen LogP contribution in [0.2, 0.25) is 0 Å². The Morgan fingerprint density at radius 1 is 0.870 bits per heavy atom. The first-order valence-electron chi connectivity index (χ1n) is 8.15. The summed E-state index contributed by atoms with van der Waals surface area (Å²) in [6, 6.07) is 20.5. The molecule has 2 rings (SSSR count). The molecule has 0 aliphatic rings. The van der Waals surface area contributed by atoms with Crippen molar-refractivity contribution in [2.24, 2.45) is 5.41 Å². The van der Waals surface area contributed by atoms with Gasteiger partial charge in [0.15, 0.2) is 0 Å². The molecule has 0 aromatic heterocycles. The minimum Gasteiger partial charge on any atom is -0.354 e. The van der Waals surface area contributed by atoms with E-state index in [-0.39, 0.29) is 5.91 Å². The second-order valence-electron chi connectivity index (χ2n) is 6.24. The molecule has 0 saturated heterocycles. The molecule has 0 fully saturated rings. The summed E-state index contributed by atoms with van der Waals surface area (Å²) in [4.78, 5) is 12.8. The molecule has 0 aliphatic carbocycles. The van der Waals surface area contributed by atoms with Gasteiger partial charge in [-0.2, -0.15) is 0 Å². The topological polar surface area (TPSA) is 41.1 Å². The first-order chi connectivity index (χ1) is 11.1. The maximum Gasteiger partial charge on any atom is 0.226 e. The van der Waals surface area contributed by atoms with Gasteiger partial charge >= 0.3 is 0 Å². The van der Waals surface area contributed by atoms with Gasteiger partial charge in [-0.05, 0) is 31.0 Å². The first-order valence-corrected chi connectivity index (χ1v) is 8.15. The molecular formula is C20H26N2O. The van der Waals surface area contributed by atoms with Gasteiger partial charge in [-0.25, -0.2) is 0 Å². The number of carbonyl (C=O) groups excluding carboxylic acids is 1. The van der Waals surface area contributed by atoms with Crippen molar-refractivity contribution >= 4 is 5.91 Å². The molecule has 2 aromatic carbocycles. The maximum atomic E-state index is 12.8. The average Bonchev–Trinajstić information content (AvgIpc) is 2.56. The maximum absolute atomic E-state index is 12.8. The molecule has 3 heteroatoms. The number of nitrogens with one attached hydrogen (secondary N) is 2. The lowest BCUT2D eigenvalue weighted by molar-refractivity contribution is -0.130. The number of carbonyl (C=O) groups is 1. The van der Waals surface area contributed by atoms with Crippen LogP contribution in [0.25, 0.3) is 0 Å². The lowest BCUT2D eigenvalue weighted by atomic mass is 9.77. The van der Waals surface area contributed by atoms with Crippen LogP contribution in [0.1, 0.15) is 18.1 Å². The summed E-state index contributed by atoms with van der Waals surface area (Å²) in [5, 5.41) is 6.12. The summed E-state index contributed by atoms with van der Waals surface area (Å²) < 4.78 is 0. The summed E-state index contributed by atoms with van der Waals surface area (Å²) in [7, 11) is 1.89. The van der Waals surface area contributed by atoms with Crippen LogP contribution in [0.15, 0.2) is 60.7 Å². The largest absolute Gasteiger partial charge is 0.354 e. The number of benzene rings is 2. The van der Waals surface area contributed by atoms with Crippen molar-refractivity contribution in [1.29, 1.82) is 0 Å². The summed E-state index contributed by atoms with van der Waals surface area (Å²) >= 11 is 0. The van der Waals surface area contributed by atoms with Crippen LogP contribution >= 0.6 is 0 Å². The van der Waals surface area contributed by atoms with Crippen molar-refractivity contribution in [1.82, 2.24) is 10.6 Å². The summed E-state index contributed by atoms with van der Waals surface area (Å²) in [5.41, 5.74) is 1.92. The predicted octanol–water partition coefficient (Wildman–Crippen LogP) is 2.81. The molecule has 0 spiro atoms. The quantitative estimate of drug-likeness (QED) is 0.736. The van der Waals surface area contributed by atoms with E-state index in [1.807, 2.05) is 43.4 Å². The zero-order valence-electron chi connectivity index (χ0n) is 14.0. The van der Waals surface area contributed by atoms with Crippen LogP contribution in [-0.2, 0) is 17.6 Å².